The van der Waals surface area contributed by atoms with E-state index in [-0.39, 0.29) is 5.91 Å². The largest absolute Gasteiger partial charge is 0.382 e. The fourth-order valence-corrected chi connectivity index (χ4v) is 2.82. The van der Waals surface area contributed by atoms with E-state index in [0.29, 0.717) is 11.5 Å². The van der Waals surface area contributed by atoms with E-state index in [9.17, 15) is 4.79 Å². The number of benzene rings is 1. The Hall–Kier alpha value is -1.51. The van der Waals surface area contributed by atoms with Gasteiger partial charge in [0.15, 0.2) is 0 Å². The van der Waals surface area contributed by atoms with E-state index in [4.69, 9.17) is 0 Å². The number of anilines is 2. The van der Waals surface area contributed by atoms with Crippen molar-refractivity contribution in [2.75, 3.05) is 10.6 Å². The number of amides is 1. The van der Waals surface area contributed by atoms with Crippen molar-refractivity contribution in [1.29, 1.82) is 0 Å². The molecule has 0 unspecified atom stereocenters. The van der Waals surface area contributed by atoms with Crippen molar-refractivity contribution in [1.82, 2.24) is 0 Å². The lowest BCUT2D eigenvalue weighted by Gasteiger charge is -2.35. The van der Waals surface area contributed by atoms with Crippen molar-refractivity contribution in [3.05, 3.63) is 23.8 Å². The highest BCUT2D eigenvalue weighted by Gasteiger charge is 2.26. The molecular weight excluding hydrogens is 248 g/mol. The maximum atomic E-state index is 11.1. The summed E-state index contributed by atoms with van der Waals surface area (Å²) in [5, 5.41) is 6.49. The van der Waals surface area contributed by atoms with Crippen LogP contribution in [0.15, 0.2) is 18.2 Å². The van der Waals surface area contributed by atoms with Gasteiger partial charge >= 0.3 is 0 Å². The second kappa shape index (κ2) is 5.86. The standard InChI is InChI=1S/C17H26N2O/c1-12-5-6-15(18-13(2)20)11-16(12)19-14-7-9-17(3,4)10-8-14/h5-6,11,14,19H,7-10H2,1-4H3,(H,18,20). The predicted molar refractivity (Wildman–Crippen MR) is 85.1 cm³/mol. The zero-order chi connectivity index (χ0) is 14.8. The molecule has 1 aromatic rings. The molecule has 1 aromatic carbocycles. The minimum absolute atomic E-state index is 0.0285. The van der Waals surface area contributed by atoms with Gasteiger partial charge in [0.25, 0.3) is 0 Å². The molecule has 1 amide bonds. The molecule has 3 nitrogen and oxygen atoms in total. The maximum absolute atomic E-state index is 11.1. The van der Waals surface area contributed by atoms with Gasteiger partial charge in [0.1, 0.15) is 0 Å². The van der Waals surface area contributed by atoms with E-state index in [1.54, 1.807) is 0 Å². The molecule has 0 heterocycles. The normalized spacial score (nSPS) is 18.6. The van der Waals surface area contributed by atoms with Crippen LogP contribution in [0.5, 0.6) is 0 Å². The van der Waals surface area contributed by atoms with E-state index >= 15 is 0 Å². The number of nitrogens with one attached hydrogen (secondary N) is 2. The van der Waals surface area contributed by atoms with Crippen LogP contribution in [0.2, 0.25) is 0 Å². The molecule has 0 radical (unpaired) electrons. The molecule has 20 heavy (non-hydrogen) atoms. The number of hydrogen-bond donors (Lipinski definition) is 2. The van der Waals surface area contributed by atoms with Crippen LogP contribution in [0, 0.1) is 12.3 Å². The van der Waals surface area contributed by atoms with Crippen LogP contribution in [-0.4, -0.2) is 11.9 Å². The van der Waals surface area contributed by atoms with Gasteiger partial charge in [-0.2, -0.15) is 0 Å². The molecule has 1 aliphatic rings. The van der Waals surface area contributed by atoms with E-state index in [0.717, 1.165) is 11.4 Å². The molecule has 110 valence electrons. The lowest BCUT2D eigenvalue weighted by molar-refractivity contribution is -0.114. The first-order valence-electron chi connectivity index (χ1n) is 7.50. The summed E-state index contributed by atoms with van der Waals surface area (Å²) in [4.78, 5) is 11.1. The van der Waals surface area contributed by atoms with Crippen LogP contribution >= 0.6 is 0 Å². The predicted octanol–water partition coefficient (Wildman–Crippen LogP) is 4.33. The lowest BCUT2D eigenvalue weighted by Crippen LogP contribution is -2.30. The zero-order valence-electron chi connectivity index (χ0n) is 13.0. The van der Waals surface area contributed by atoms with Crippen LogP contribution in [-0.2, 0) is 4.79 Å². The molecule has 0 aromatic heterocycles. The summed E-state index contributed by atoms with van der Waals surface area (Å²) >= 11 is 0. The summed E-state index contributed by atoms with van der Waals surface area (Å²) in [6.45, 7) is 8.35. The Morgan fingerprint density at radius 2 is 1.90 bits per heavy atom. The first-order valence-corrected chi connectivity index (χ1v) is 7.50. The van der Waals surface area contributed by atoms with Gasteiger partial charge in [0.05, 0.1) is 0 Å². The van der Waals surface area contributed by atoms with E-state index in [2.05, 4.69) is 37.5 Å². The zero-order valence-corrected chi connectivity index (χ0v) is 13.0. The van der Waals surface area contributed by atoms with Gasteiger partial charge < -0.3 is 10.6 Å². The van der Waals surface area contributed by atoms with Gasteiger partial charge in [0.2, 0.25) is 5.91 Å². The fraction of sp³-hybridized carbons (Fsp3) is 0.588. The highest BCUT2D eigenvalue weighted by molar-refractivity contribution is 5.89. The summed E-state index contributed by atoms with van der Waals surface area (Å²) in [6, 6.07) is 6.59. The van der Waals surface area contributed by atoms with Crippen LogP contribution in [0.25, 0.3) is 0 Å². The molecule has 0 spiro atoms. The summed E-state index contributed by atoms with van der Waals surface area (Å²) < 4.78 is 0. The number of carbonyl (C=O) groups excluding carboxylic acids is 1. The number of rotatable bonds is 3. The number of carbonyl (C=O) groups is 1. The SMILES string of the molecule is CC(=O)Nc1ccc(C)c(NC2CCC(C)(C)CC2)c1. The first-order chi connectivity index (χ1) is 9.35. The summed E-state index contributed by atoms with van der Waals surface area (Å²) in [6.07, 6.45) is 4.98. The lowest BCUT2D eigenvalue weighted by atomic mass is 9.75. The number of hydrogen-bond acceptors (Lipinski definition) is 2. The number of aryl methyl sites for hydroxylation is 1. The summed E-state index contributed by atoms with van der Waals surface area (Å²) in [5.74, 6) is -0.0285. The Bertz CT molecular complexity index is 484. The van der Waals surface area contributed by atoms with Gasteiger partial charge in [-0.1, -0.05) is 19.9 Å². The minimum atomic E-state index is -0.0285. The molecule has 2 rings (SSSR count). The molecule has 1 aliphatic carbocycles. The minimum Gasteiger partial charge on any atom is -0.382 e. The van der Waals surface area contributed by atoms with Gasteiger partial charge in [-0.3, -0.25) is 4.79 Å². The van der Waals surface area contributed by atoms with Crippen LogP contribution in [0.1, 0.15) is 52.0 Å². The first kappa shape index (κ1) is 14.9. The quantitative estimate of drug-likeness (QED) is 0.861. The highest BCUT2D eigenvalue weighted by Crippen LogP contribution is 2.36. The van der Waals surface area contributed by atoms with Crippen molar-refractivity contribution in [2.45, 2.75) is 59.4 Å². The molecule has 0 bridgehead atoms. The summed E-state index contributed by atoms with van der Waals surface area (Å²) in [5.41, 5.74) is 3.72. The molecule has 0 saturated heterocycles. The van der Waals surface area contributed by atoms with Crippen LogP contribution in [0.3, 0.4) is 0 Å². The van der Waals surface area contributed by atoms with E-state index in [1.807, 2.05) is 12.1 Å². The van der Waals surface area contributed by atoms with Gasteiger partial charge in [0, 0.05) is 24.3 Å². The summed E-state index contributed by atoms with van der Waals surface area (Å²) in [7, 11) is 0. The Labute approximate surface area is 122 Å². The topological polar surface area (TPSA) is 41.1 Å². The van der Waals surface area contributed by atoms with Gasteiger partial charge in [-0.15, -0.1) is 0 Å². The molecule has 2 N–H and O–H groups in total. The fourth-order valence-electron chi connectivity index (χ4n) is 2.82. The molecule has 0 aliphatic heterocycles. The second-order valence-electron chi connectivity index (χ2n) is 6.79. The third-order valence-corrected chi connectivity index (χ3v) is 4.26. The molecule has 1 fully saturated rings. The molecule has 1 saturated carbocycles. The van der Waals surface area contributed by atoms with Crippen LogP contribution < -0.4 is 10.6 Å². The van der Waals surface area contributed by atoms with Crippen molar-refractivity contribution >= 4 is 17.3 Å². The Morgan fingerprint density at radius 1 is 1.25 bits per heavy atom. The third-order valence-electron chi connectivity index (χ3n) is 4.26. The third kappa shape index (κ3) is 3.99. The Morgan fingerprint density at radius 3 is 2.50 bits per heavy atom. The highest BCUT2D eigenvalue weighted by atomic mass is 16.1. The van der Waals surface area contributed by atoms with Gasteiger partial charge in [-0.25, -0.2) is 0 Å². The molecule has 0 atom stereocenters. The van der Waals surface area contributed by atoms with E-state index in [1.165, 1.54) is 38.2 Å². The average Bonchev–Trinajstić information content (AvgIpc) is 2.35. The van der Waals surface area contributed by atoms with Crippen molar-refractivity contribution in [3.8, 4) is 0 Å². The van der Waals surface area contributed by atoms with Crippen LogP contribution in [0.4, 0.5) is 11.4 Å². The van der Waals surface area contributed by atoms with Crippen molar-refractivity contribution in [3.63, 3.8) is 0 Å². The smallest absolute Gasteiger partial charge is 0.221 e. The Balaban J connectivity index is 2.03. The maximum Gasteiger partial charge on any atom is 0.221 e. The molecule has 3 heteroatoms. The average molecular weight is 274 g/mol. The monoisotopic (exact) mass is 274 g/mol. The van der Waals surface area contributed by atoms with Crippen molar-refractivity contribution in [2.24, 2.45) is 5.41 Å². The van der Waals surface area contributed by atoms with Crippen molar-refractivity contribution < 1.29 is 4.79 Å². The van der Waals surface area contributed by atoms with E-state index < -0.39 is 0 Å². The van der Waals surface area contributed by atoms with Gasteiger partial charge in [-0.05, 0) is 55.7 Å². The second-order valence-corrected chi connectivity index (χ2v) is 6.79. The molecular formula is C17H26N2O. The Kier molecular flexibility index (Phi) is 4.36.